The largest absolute Gasteiger partial charge is 0.463 e. The second-order valence-electron chi connectivity index (χ2n) is 8.67. The maximum Gasteiger partial charge on any atom is 0.330 e. The van der Waals surface area contributed by atoms with E-state index in [0.29, 0.717) is 6.23 Å². The summed E-state index contributed by atoms with van der Waals surface area (Å²) < 4.78 is 16.7. The summed E-state index contributed by atoms with van der Waals surface area (Å²) in [5, 5.41) is 2.06. The Morgan fingerprint density at radius 3 is 2.30 bits per heavy atom. The van der Waals surface area contributed by atoms with Crippen LogP contribution in [0.15, 0.2) is 55.1 Å². The molecular formula is C23H30O5Si2. The third-order valence-electron chi connectivity index (χ3n) is 4.03. The minimum absolute atomic E-state index is 0.187. The average molecular weight is 443 g/mol. The predicted molar refractivity (Wildman–Crippen MR) is 126 cm³/mol. The number of rotatable bonds is 9. The van der Waals surface area contributed by atoms with Crippen LogP contribution in [-0.4, -0.2) is 34.8 Å². The number of esters is 2. The van der Waals surface area contributed by atoms with Crippen molar-refractivity contribution in [1.82, 2.24) is 0 Å². The second-order valence-corrected chi connectivity index (χ2v) is 17.5. The van der Waals surface area contributed by atoms with Gasteiger partial charge in [-0.25, -0.2) is 9.59 Å². The smallest absolute Gasteiger partial charge is 0.330 e. The minimum atomic E-state index is -2.03. The van der Waals surface area contributed by atoms with Crippen LogP contribution in [0.2, 0.25) is 32.7 Å². The standard InChI is InChI=1S/C23H30O5Si2/c1-7-22(24)26-16-19-9-12-20-11-8-18(14-21(20)15-19)10-13-23(25)27-17-30(5,6)28-29(2,3)4/h7-15H,1,16-17H2,2-6H3/b13-10+. The molecule has 0 N–H and O–H groups in total. The van der Waals surface area contributed by atoms with Crippen molar-refractivity contribution < 1.29 is 23.2 Å². The van der Waals surface area contributed by atoms with Crippen LogP contribution in [0.25, 0.3) is 16.8 Å². The summed E-state index contributed by atoms with van der Waals surface area (Å²) in [6.45, 7) is 14.1. The van der Waals surface area contributed by atoms with E-state index in [-0.39, 0.29) is 12.6 Å². The third-order valence-corrected chi connectivity index (χ3v) is 9.53. The first-order chi connectivity index (χ1) is 14.0. The van der Waals surface area contributed by atoms with Crippen LogP contribution in [0, 0.1) is 0 Å². The Balaban J connectivity index is 2.01. The normalized spacial score (nSPS) is 12.2. The number of ether oxygens (including phenoxy) is 2. The zero-order chi connectivity index (χ0) is 22.4. The Hall–Kier alpha value is -2.49. The average Bonchev–Trinajstić information content (AvgIpc) is 2.66. The highest BCUT2D eigenvalue weighted by molar-refractivity contribution is 6.84. The first kappa shape index (κ1) is 23.8. The lowest BCUT2D eigenvalue weighted by Gasteiger charge is -2.30. The molecule has 0 aliphatic rings. The summed E-state index contributed by atoms with van der Waals surface area (Å²) in [7, 11) is -3.69. The van der Waals surface area contributed by atoms with Crippen molar-refractivity contribution >= 4 is 45.4 Å². The summed E-state index contributed by atoms with van der Waals surface area (Å²) in [4.78, 5) is 23.4. The van der Waals surface area contributed by atoms with Gasteiger partial charge in [-0.15, -0.1) is 0 Å². The Bertz CT molecular complexity index is 958. The number of fused-ring (bicyclic) bond motifs is 1. The lowest BCUT2D eigenvalue weighted by Crippen LogP contribution is -2.46. The van der Waals surface area contributed by atoms with Gasteiger partial charge in [-0.2, -0.15) is 0 Å². The van der Waals surface area contributed by atoms with Gasteiger partial charge in [0.2, 0.25) is 8.32 Å². The molecule has 0 saturated carbocycles. The van der Waals surface area contributed by atoms with E-state index in [1.54, 1.807) is 6.08 Å². The summed E-state index contributed by atoms with van der Waals surface area (Å²) in [6.07, 6.45) is 4.66. The predicted octanol–water partition coefficient (Wildman–Crippen LogP) is 5.22. The molecule has 0 saturated heterocycles. The molecule has 0 radical (unpaired) electrons. The molecule has 0 amide bonds. The van der Waals surface area contributed by atoms with Gasteiger partial charge in [0.15, 0.2) is 8.32 Å². The SMILES string of the molecule is C=CC(=O)OCc1ccc2ccc(/C=C/C(=O)OC[Si](C)(C)O[Si](C)(C)C)cc2c1. The highest BCUT2D eigenvalue weighted by atomic mass is 28.4. The highest BCUT2D eigenvalue weighted by Gasteiger charge is 2.30. The van der Waals surface area contributed by atoms with Crippen molar-refractivity contribution in [2.24, 2.45) is 0 Å². The molecule has 160 valence electrons. The van der Waals surface area contributed by atoms with Crippen LogP contribution in [0.3, 0.4) is 0 Å². The molecule has 0 fully saturated rings. The Labute approximate surface area is 180 Å². The fourth-order valence-corrected chi connectivity index (χ4v) is 10.4. The molecule has 0 bridgehead atoms. The quantitative estimate of drug-likeness (QED) is 0.303. The van der Waals surface area contributed by atoms with Crippen molar-refractivity contribution in [3.63, 3.8) is 0 Å². The van der Waals surface area contributed by atoms with E-state index < -0.39 is 22.6 Å². The van der Waals surface area contributed by atoms with Crippen LogP contribution in [0.5, 0.6) is 0 Å². The van der Waals surface area contributed by atoms with Crippen molar-refractivity contribution in [2.75, 3.05) is 6.23 Å². The van der Waals surface area contributed by atoms with Crippen LogP contribution in [-0.2, 0) is 29.8 Å². The van der Waals surface area contributed by atoms with Crippen molar-refractivity contribution in [3.8, 4) is 0 Å². The van der Waals surface area contributed by atoms with Crippen LogP contribution in [0.4, 0.5) is 0 Å². The van der Waals surface area contributed by atoms with E-state index >= 15 is 0 Å². The van der Waals surface area contributed by atoms with Gasteiger partial charge in [-0.3, -0.25) is 0 Å². The molecule has 5 nitrogen and oxygen atoms in total. The Morgan fingerprint density at radius 1 is 0.933 bits per heavy atom. The summed E-state index contributed by atoms with van der Waals surface area (Å²) >= 11 is 0. The lowest BCUT2D eigenvalue weighted by molar-refractivity contribution is -0.139. The Morgan fingerprint density at radius 2 is 1.63 bits per heavy atom. The van der Waals surface area contributed by atoms with Crippen molar-refractivity contribution in [1.29, 1.82) is 0 Å². The highest BCUT2D eigenvalue weighted by Crippen LogP contribution is 2.20. The molecule has 2 rings (SSSR count). The van der Waals surface area contributed by atoms with E-state index in [9.17, 15) is 9.59 Å². The summed E-state index contributed by atoms with van der Waals surface area (Å²) in [6, 6.07) is 11.8. The number of carbonyl (C=O) groups is 2. The van der Waals surface area contributed by atoms with E-state index in [2.05, 4.69) is 39.3 Å². The van der Waals surface area contributed by atoms with Crippen molar-refractivity contribution in [2.45, 2.75) is 39.3 Å². The zero-order valence-electron chi connectivity index (χ0n) is 18.4. The van der Waals surface area contributed by atoms with Gasteiger partial charge in [-0.05, 0) is 72.8 Å². The van der Waals surface area contributed by atoms with E-state index in [1.165, 1.54) is 6.08 Å². The number of hydrogen-bond donors (Lipinski definition) is 0. The fourth-order valence-electron chi connectivity index (χ4n) is 3.04. The first-order valence-corrected chi connectivity index (χ1v) is 16.4. The van der Waals surface area contributed by atoms with Crippen molar-refractivity contribution in [3.05, 3.63) is 66.3 Å². The molecule has 0 aliphatic heterocycles. The fraction of sp³-hybridized carbons (Fsp3) is 0.304. The molecule has 2 aromatic carbocycles. The molecular weight excluding hydrogens is 412 g/mol. The van der Waals surface area contributed by atoms with Crippen LogP contribution < -0.4 is 0 Å². The lowest BCUT2D eigenvalue weighted by atomic mass is 10.0. The Kier molecular flexibility index (Phi) is 7.94. The first-order valence-electron chi connectivity index (χ1n) is 9.84. The number of benzene rings is 2. The van der Waals surface area contributed by atoms with Gasteiger partial charge < -0.3 is 13.6 Å². The monoisotopic (exact) mass is 442 g/mol. The molecule has 7 heteroatoms. The van der Waals surface area contributed by atoms with Gasteiger partial charge in [0.05, 0.1) is 0 Å². The van der Waals surface area contributed by atoms with Gasteiger partial charge in [0, 0.05) is 12.2 Å². The number of carbonyl (C=O) groups excluding carboxylic acids is 2. The maximum atomic E-state index is 12.1. The van der Waals surface area contributed by atoms with Gasteiger partial charge in [-0.1, -0.05) is 30.8 Å². The van der Waals surface area contributed by atoms with Crippen LogP contribution >= 0.6 is 0 Å². The zero-order valence-corrected chi connectivity index (χ0v) is 20.4. The van der Waals surface area contributed by atoms with Crippen LogP contribution in [0.1, 0.15) is 11.1 Å². The number of hydrogen-bond acceptors (Lipinski definition) is 5. The molecule has 0 heterocycles. The summed E-state index contributed by atoms with van der Waals surface area (Å²) in [5.74, 6) is -0.827. The second kappa shape index (κ2) is 10.0. The van der Waals surface area contributed by atoms with Gasteiger partial charge in [0.25, 0.3) is 0 Å². The van der Waals surface area contributed by atoms with Gasteiger partial charge >= 0.3 is 11.9 Å². The van der Waals surface area contributed by atoms with E-state index in [1.807, 2.05) is 36.4 Å². The molecule has 0 aromatic heterocycles. The maximum absolute atomic E-state index is 12.1. The van der Waals surface area contributed by atoms with E-state index in [0.717, 1.165) is 28.0 Å². The molecule has 0 spiro atoms. The third kappa shape index (κ3) is 8.10. The minimum Gasteiger partial charge on any atom is -0.463 e. The molecule has 2 aromatic rings. The molecule has 30 heavy (non-hydrogen) atoms. The molecule has 0 atom stereocenters. The van der Waals surface area contributed by atoms with E-state index in [4.69, 9.17) is 13.6 Å². The molecule has 0 aliphatic carbocycles. The summed E-state index contributed by atoms with van der Waals surface area (Å²) in [5.41, 5.74) is 1.77. The molecule has 0 unspecified atom stereocenters. The topological polar surface area (TPSA) is 61.8 Å². The van der Waals surface area contributed by atoms with Gasteiger partial charge in [0.1, 0.15) is 12.8 Å².